The number of nitrogens with one attached hydrogen (secondary N) is 1. The van der Waals surface area contributed by atoms with Gasteiger partial charge in [0.25, 0.3) is 0 Å². The molecule has 4 nitrogen and oxygen atoms in total. The van der Waals surface area contributed by atoms with Gasteiger partial charge in [-0.05, 0) is 43.9 Å². The summed E-state index contributed by atoms with van der Waals surface area (Å²) in [5.74, 6) is 0.882. The molecule has 1 amide bonds. The second-order valence-electron chi connectivity index (χ2n) is 7.43. The summed E-state index contributed by atoms with van der Waals surface area (Å²) in [7, 11) is 0. The summed E-state index contributed by atoms with van der Waals surface area (Å²) in [4.78, 5) is 24.9. The van der Waals surface area contributed by atoms with Crippen LogP contribution < -0.4 is 5.32 Å². The molecule has 0 aromatic rings. The first-order valence-corrected chi connectivity index (χ1v) is 9.12. The fourth-order valence-corrected chi connectivity index (χ4v) is 6.08. The number of esters is 1. The summed E-state index contributed by atoms with van der Waals surface area (Å²) in [5.41, 5.74) is 0. The summed E-state index contributed by atoms with van der Waals surface area (Å²) in [6, 6.07) is 0.301. The van der Waals surface area contributed by atoms with Crippen molar-refractivity contribution in [2.45, 2.75) is 56.0 Å². The lowest BCUT2D eigenvalue weighted by molar-refractivity contribution is -0.146. The van der Waals surface area contributed by atoms with E-state index in [1.807, 2.05) is 0 Å². The van der Waals surface area contributed by atoms with Gasteiger partial charge in [-0.1, -0.05) is 22.9 Å². The molecule has 0 aromatic heterocycles. The highest BCUT2D eigenvalue weighted by Crippen LogP contribution is 2.59. The Labute approximate surface area is 133 Å². The molecule has 21 heavy (non-hydrogen) atoms. The fraction of sp³-hybridized carbons (Fsp3) is 0.875. The molecule has 0 unspecified atom stereocenters. The van der Waals surface area contributed by atoms with Crippen molar-refractivity contribution in [2.24, 2.45) is 29.6 Å². The molecule has 0 spiro atoms. The Bertz CT molecular complexity index is 474. The van der Waals surface area contributed by atoms with E-state index in [1.165, 1.54) is 12.8 Å². The van der Waals surface area contributed by atoms with Gasteiger partial charge in [-0.2, -0.15) is 0 Å². The summed E-state index contributed by atoms with van der Waals surface area (Å²) < 4.78 is 5.47. The van der Waals surface area contributed by atoms with Crippen molar-refractivity contribution in [3.8, 4) is 0 Å². The first kappa shape index (κ1) is 14.0. The van der Waals surface area contributed by atoms with Gasteiger partial charge in [0.1, 0.15) is 6.10 Å². The molecule has 1 N–H and O–H groups in total. The summed E-state index contributed by atoms with van der Waals surface area (Å²) in [6.45, 7) is 2.28. The normalized spacial score (nSPS) is 51.0. The minimum Gasteiger partial charge on any atom is -0.461 e. The number of hydrogen-bond acceptors (Lipinski definition) is 3. The smallest absolute Gasteiger partial charge is 0.310 e. The molecule has 3 aliphatic carbocycles. The second kappa shape index (κ2) is 4.97. The van der Waals surface area contributed by atoms with E-state index < -0.39 is 0 Å². The number of alkyl halides is 1. The molecule has 1 aliphatic heterocycles. The standard InChI is InChI=1S/C16H22BrNO3/c1-7-2-4-8(5-3-7)18-15(19)11-9-6-10-12(11)16(20)21-14(10)13(9)17/h7-14H,2-6H2,1H3,(H,18,19)/t7?,8?,9-,10-,11-,12+,13-,14+/m1/s1. The van der Waals surface area contributed by atoms with Gasteiger partial charge in [-0.15, -0.1) is 0 Å². The lowest BCUT2D eigenvalue weighted by atomic mass is 9.79. The number of halogens is 1. The molecule has 3 saturated carbocycles. The fourth-order valence-electron chi connectivity index (χ4n) is 5.03. The maximum absolute atomic E-state index is 12.7. The molecular weight excluding hydrogens is 334 g/mol. The number of hydrogen-bond donors (Lipinski definition) is 1. The predicted molar refractivity (Wildman–Crippen MR) is 80.7 cm³/mol. The second-order valence-corrected chi connectivity index (χ2v) is 8.48. The number of rotatable bonds is 2. The molecule has 5 heteroatoms. The quantitative estimate of drug-likeness (QED) is 0.610. The maximum atomic E-state index is 12.7. The summed E-state index contributed by atoms with van der Waals surface area (Å²) >= 11 is 3.66. The first-order valence-electron chi connectivity index (χ1n) is 8.21. The van der Waals surface area contributed by atoms with E-state index in [0.29, 0.717) is 6.04 Å². The monoisotopic (exact) mass is 355 g/mol. The highest BCUT2D eigenvalue weighted by atomic mass is 79.9. The lowest BCUT2D eigenvalue weighted by Crippen LogP contribution is -2.47. The lowest BCUT2D eigenvalue weighted by Gasteiger charge is -2.31. The van der Waals surface area contributed by atoms with Crippen LogP contribution in [0.2, 0.25) is 0 Å². The molecule has 6 atom stereocenters. The van der Waals surface area contributed by atoms with Crippen molar-refractivity contribution in [1.82, 2.24) is 5.32 Å². The molecule has 4 aliphatic rings. The Kier molecular flexibility index (Phi) is 3.32. The van der Waals surface area contributed by atoms with Crippen molar-refractivity contribution in [2.75, 3.05) is 0 Å². The number of amides is 1. The minimum atomic E-state index is -0.184. The van der Waals surface area contributed by atoms with E-state index in [-0.39, 0.29) is 46.5 Å². The van der Waals surface area contributed by atoms with Crippen molar-refractivity contribution < 1.29 is 14.3 Å². The molecular formula is C16H22BrNO3. The van der Waals surface area contributed by atoms with Crippen molar-refractivity contribution >= 4 is 27.8 Å². The van der Waals surface area contributed by atoms with Gasteiger partial charge in [-0.25, -0.2) is 0 Å². The van der Waals surface area contributed by atoms with Gasteiger partial charge in [0, 0.05) is 12.0 Å². The van der Waals surface area contributed by atoms with Crippen molar-refractivity contribution in [3.63, 3.8) is 0 Å². The number of carbonyl (C=O) groups is 2. The van der Waals surface area contributed by atoms with E-state index in [9.17, 15) is 9.59 Å². The van der Waals surface area contributed by atoms with Crippen molar-refractivity contribution in [1.29, 1.82) is 0 Å². The topological polar surface area (TPSA) is 55.4 Å². The van der Waals surface area contributed by atoms with Crippen LogP contribution in [0.3, 0.4) is 0 Å². The SMILES string of the molecule is CC1CCC(NC(=O)[C@@H]2[C@H]3C[C@H]4[C@H](OC(=O)[C@@H]42)[C@@H]3Br)CC1. The third-order valence-electron chi connectivity index (χ3n) is 6.19. The van der Waals surface area contributed by atoms with E-state index in [4.69, 9.17) is 4.74 Å². The average molecular weight is 356 g/mol. The van der Waals surface area contributed by atoms with Crippen LogP contribution in [0.1, 0.15) is 39.0 Å². The molecule has 0 aromatic carbocycles. The molecule has 4 rings (SSSR count). The highest BCUT2D eigenvalue weighted by Gasteiger charge is 2.67. The van der Waals surface area contributed by atoms with Gasteiger partial charge in [0.05, 0.1) is 16.7 Å². The van der Waals surface area contributed by atoms with Gasteiger partial charge in [0.15, 0.2) is 0 Å². The zero-order valence-corrected chi connectivity index (χ0v) is 13.8. The zero-order valence-electron chi connectivity index (χ0n) is 12.3. The van der Waals surface area contributed by atoms with Gasteiger partial charge in [0.2, 0.25) is 5.91 Å². The number of fused-ring (bicyclic) bond motifs is 1. The summed E-state index contributed by atoms with van der Waals surface area (Å²) in [6.07, 6.45) is 5.49. The van der Waals surface area contributed by atoms with Gasteiger partial charge in [-0.3, -0.25) is 9.59 Å². The van der Waals surface area contributed by atoms with Crippen LogP contribution in [0.4, 0.5) is 0 Å². The highest BCUT2D eigenvalue weighted by molar-refractivity contribution is 9.09. The zero-order chi connectivity index (χ0) is 14.7. The average Bonchev–Trinajstić information content (AvgIpc) is 3.05. The Hall–Kier alpha value is -0.580. The third kappa shape index (κ3) is 2.07. The van der Waals surface area contributed by atoms with Crippen molar-refractivity contribution in [3.05, 3.63) is 0 Å². The molecule has 1 saturated heterocycles. The van der Waals surface area contributed by atoms with Crippen LogP contribution in [-0.4, -0.2) is 28.8 Å². The van der Waals surface area contributed by atoms with Crippen LogP contribution >= 0.6 is 15.9 Å². The van der Waals surface area contributed by atoms with E-state index in [1.54, 1.807) is 0 Å². The van der Waals surface area contributed by atoms with E-state index >= 15 is 0 Å². The Morgan fingerprint density at radius 1 is 1.24 bits per heavy atom. The third-order valence-corrected chi connectivity index (χ3v) is 7.39. The van der Waals surface area contributed by atoms with Crippen LogP contribution in [0.15, 0.2) is 0 Å². The largest absolute Gasteiger partial charge is 0.461 e. The Balaban J connectivity index is 1.46. The van der Waals surface area contributed by atoms with Gasteiger partial charge >= 0.3 is 5.97 Å². The predicted octanol–water partition coefficient (Wildman–Crippen LogP) is 2.25. The van der Waals surface area contributed by atoms with Crippen LogP contribution in [-0.2, 0) is 14.3 Å². The first-order chi connectivity index (χ1) is 10.1. The van der Waals surface area contributed by atoms with Crippen LogP contribution in [0.25, 0.3) is 0 Å². The molecule has 1 heterocycles. The molecule has 116 valence electrons. The maximum Gasteiger partial charge on any atom is 0.310 e. The van der Waals surface area contributed by atoms with Gasteiger partial charge < -0.3 is 10.1 Å². The van der Waals surface area contributed by atoms with Crippen LogP contribution in [0.5, 0.6) is 0 Å². The van der Waals surface area contributed by atoms with E-state index in [0.717, 1.165) is 25.2 Å². The van der Waals surface area contributed by atoms with Crippen LogP contribution in [0, 0.1) is 29.6 Å². The Morgan fingerprint density at radius 2 is 1.95 bits per heavy atom. The minimum absolute atomic E-state index is 0.00656. The molecule has 4 fully saturated rings. The molecule has 0 radical (unpaired) electrons. The number of ether oxygens (including phenoxy) is 1. The molecule has 2 bridgehead atoms. The van der Waals surface area contributed by atoms with E-state index in [2.05, 4.69) is 28.2 Å². The summed E-state index contributed by atoms with van der Waals surface area (Å²) in [5, 5.41) is 3.22. The number of carbonyl (C=O) groups excluding carboxylic acids is 2. The Morgan fingerprint density at radius 3 is 2.67 bits per heavy atom.